The molecule has 0 bridgehead atoms. The summed E-state index contributed by atoms with van der Waals surface area (Å²) in [7, 11) is 3.69. The summed E-state index contributed by atoms with van der Waals surface area (Å²) in [4.78, 5) is 15.6. The number of aromatic nitrogens is 2. The van der Waals surface area contributed by atoms with Crippen LogP contribution in [0.5, 0.6) is 0 Å². The molecule has 0 aliphatic heterocycles. The molecule has 2 aromatic rings. The largest absolute Gasteiger partial charge is 0.334 e. The molecule has 1 amide bonds. The highest BCUT2D eigenvalue weighted by atomic mass is 16.2. The Kier molecular flexibility index (Phi) is 4.52. The number of nitrogens with zero attached hydrogens (tertiary/aromatic N) is 2. The quantitative estimate of drug-likeness (QED) is 0.612. The van der Waals surface area contributed by atoms with E-state index in [-0.39, 0.29) is 5.91 Å². The van der Waals surface area contributed by atoms with E-state index in [1.807, 2.05) is 17.9 Å². The van der Waals surface area contributed by atoms with Crippen molar-refractivity contribution in [2.75, 3.05) is 7.05 Å². The molecule has 0 spiro atoms. The van der Waals surface area contributed by atoms with Crippen LogP contribution in [0.25, 0.3) is 11.0 Å². The van der Waals surface area contributed by atoms with E-state index in [1.165, 1.54) is 5.56 Å². The molecule has 0 saturated heterocycles. The molecule has 0 atom stereocenters. The normalized spacial score (nSPS) is 10.8. The van der Waals surface area contributed by atoms with E-state index in [9.17, 15) is 4.79 Å². The lowest BCUT2D eigenvalue weighted by Crippen LogP contribution is -2.33. The van der Waals surface area contributed by atoms with Gasteiger partial charge >= 0.3 is 0 Å². The summed E-state index contributed by atoms with van der Waals surface area (Å²) in [5.41, 5.74) is 8.67. The third-order valence-electron chi connectivity index (χ3n) is 3.17. The van der Waals surface area contributed by atoms with E-state index in [0.29, 0.717) is 6.42 Å². The van der Waals surface area contributed by atoms with Crippen LogP contribution in [0.3, 0.4) is 0 Å². The first-order valence-corrected chi connectivity index (χ1v) is 6.56. The molecule has 0 aliphatic rings. The number of hydrazine groups is 1. The Hall–Kier alpha value is -1.88. The van der Waals surface area contributed by atoms with Crippen LogP contribution in [-0.2, 0) is 18.3 Å². The number of unbranched alkanes of at least 4 members (excludes halogenated alkanes) is 1. The number of amides is 1. The van der Waals surface area contributed by atoms with Gasteiger partial charge in [0.15, 0.2) is 0 Å². The molecule has 1 aromatic heterocycles. The fraction of sp³-hybridized carbons (Fsp3) is 0.429. The van der Waals surface area contributed by atoms with Crippen molar-refractivity contribution in [1.29, 1.82) is 0 Å². The molecule has 1 aromatic carbocycles. The minimum Gasteiger partial charge on any atom is -0.334 e. The molecule has 5 heteroatoms. The molecule has 0 saturated carbocycles. The molecule has 5 nitrogen and oxygen atoms in total. The maximum absolute atomic E-state index is 11.2. The highest BCUT2D eigenvalue weighted by Crippen LogP contribution is 2.15. The second-order valence-corrected chi connectivity index (χ2v) is 4.68. The van der Waals surface area contributed by atoms with Crippen molar-refractivity contribution in [1.82, 2.24) is 20.4 Å². The Balaban J connectivity index is 1.83. The van der Waals surface area contributed by atoms with Crippen molar-refractivity contribution in [2.24, 2.45) is 7.05 Å². The maximum atomic E-state index is 11.2. The Morgan fingerprint density at radius 1 is 1.37 bits per heavy atom. The van der Waals surface area contributed by atoms with Crippen LogP contribution in [0.15, 0.2) is 24.5 Å². The number of rotatable bonds is 6. The lowest BCUT2D eigenvalue weighted by Gasteiger charge is -2.04. The summed E-state index contributed by atoms with van der Waals surface area (Å²) >= 11 is 0. The van der Waals surface area contributed by atoms with Crippen molar-refractivity contribution in [3.05, 3.63) is 30.1 Å². The van der Waals surface area contributed by atoms with E-state index < -0.39 is 0 Å². The van der Waals surface area contributed by atoms with Gasteiger partial charge in [0.25, 0.3) is 0 Å². The molecule has 19 heavy (non-hydrogen) atoms. The predicted octanol–water partition coefficient (Wildman–Crippen LogP) is 1.54. The van der Waals surface area contributed by atoms with Gasteiger partial charge in [-0.3, -0.25) is 10.2 Å². The first-order valence-electron chi connectivity index (χ1n) is 6.56. The van der Waals surface area contributed by atoms with Crippen molar-refractivity contribution >= 4 is 16.9 Å². The smallest absolute Gasteiger partial charge is 0.234 e. The second-order valence-electron chi connectivity index (χ2n) is 4.68. The van der Waals surface area contributed by atoms with Crippen LogP contribution >= 0.6 is 0 Å². The predicted molar refractivity (Wildman–Crippen MR) is 75.5 cm³/mol. The first-order chi connectivity index (χ1) is 9.20. The maximum Gasteiger partial charge on any atom is 0.234 e. The number of benzene rings is 1. The zero-order valence-electron chi connectivity index (χ0n) is 11.4. The second kappa shape index (κ2) is 6.33. The van der Waals surface area contributed by atoms with Gasteiger partial charge in [0, 0.05) is 20.5 Å². The Morgan fingerprint density at radius 3 is 3.00 bits per heavy atom. The molecule has 1 heterocycles. The summed E-state index contributed by atoms with van der Waals surface area (Å²) in [6.45, 7) is 0. The monoisotopic (exact) mass is 260 g/mol. The number of hydrogen-bond acceptors (Lipinski definition) is 3. The lowest BCUT2D eigenvalue weighted by molar-refractivity contribution is -0.122. The van der Waals surface area contributed by atoms with Gasteiger partial charge < -0.3 is 4.57 Å². The number of carbonyl (C=O) groups is 1. The first kappa shape index (κ1) is 13.5. The number of fused-ring (bicyclic) bond motifs is 1. The van der Waals surface area contributed by atoms with Crippen LogP contribution in [0.4, 0.5) is 0 Å². The molecular formula is C14H20N4O. The van der Waals surface area contributed by atoms with E-state index in [4.69, 9.17) is 0 Å². The van der Waals surface area contributed by atoms with Crippen molar-refractivity contribution in [3.8, 4) is 0 Å². The molecule has 0 radical (unpaired) electrons. The van der Waals surface area contributed by atoms with E-state index in [0.717, 1.165) is 30.3 Å². The topological polar surface area (TPSA) is 58.9 Å². The summed E-state index contributed by atoms with van der Waals surface area (Å²) < 4.78 is 2.02. The van der Waals surface area contributed by atoms with Crippen LogP contribution < -0.4 is 10.9 Å². The highest BCUT2D eigenvalue weighted by molar-refractivity contribution is 5.76. The van der Waals surface area contributed by atoms with E-state index in [2.05, 4.69) is 34.0 Å². The molecule has 102 valence electrons. The average molecular weight is 260 g/mol. The van der Waals surface area contributed by atoms with Gasteiger partial charge in [-0.1, -0.05) is 6.07 Å². The Morgan fingerprint density at radius 2 is 2.21 bits per heavy atom. The fourth-order valence-corrected chi connectivity index (χ4v) is 2.15. The van der Waals surface area contributed by atoms with Gasteiger partial charge in [-0.15, -0.1) is 0 Å². The van der Waals surface area contributed by atoms with E-state index >= 15 is 0 Å². The Labute approximate surface area is 113 Å². The lowest BCUT2D eigenvalue weighted by atomic mass is 10.1. The third-order valence-corrected chi connectivity index (χ3v) is 3.17. The molecule has 0 fully saturated rings. The number of nitrogens with one attached hydrogen (secondary N) is 2. The van der Waals surface area contributed by atoms with Gasteiger partial charge in [-0.05, 0) is 37.0 Å². The zero-order valence-corrected chi connectivity index (χ0v) is 11.4. The van der Waals surface area contributed by atoms with Crippen molar-refractivity contribution in [3.63, 3.8) is 0 Å². The highest BCUT2D eigenvalue weighted by Gasteiger charge is 2.02. The van der Waals surface area contributed by atoms with Gasteiger partial charge in [-0.25, -0.2) is 10.4 Å². The fourth-order valence-electron chi connectivity index (χ4n) is 2.15. The molecule has 0 unspecified atom stereocenters. The van der Waals surface area contributed by atoms with Crippen molar-refractivity contribution in [2.45, 2.75) is 25.7 Å². The number of imidazole rings is 1. The SMILES string of the molecule is CNNC(=O)CCCCc1ccc2c(c1)ncn2C. The summed E-state index contributed by atoms with van der Waals surface area (Å²) in [6.07, 6.45) is 5.28. The van der Waals surface area contributed by atoms with Crippen LogP contribution in [0, 0.1) is 0 Å². The van der Waals surface area contributed by atoms with Crippen LogP contribution in [0.1, 0.15) is 24.8 Å². The standard InChI is InChI=1S/C14H20N4O/c1-15-17-14(19)6-4-3-5-11-7-8-13-12(9-11)16-10-18(13)2/h7-10,15H,3-6H2,1-2H3,(H,17,19). The molecular weight excluding hydrogens is 240 g/mol. The molecule has 0 aliphatic carbocycles. The minimum absolute atomic E-state index is 0.0441. The van der Waals surface area contributed by atoms with Crippen molar-refractivity contribution < 1.29 is 4.79 Å². The van der Waals surface area contributed by atoms with Gasteiger partial charge in [-0.2, -0.15) is 0 Å². The number of aryl methyl sites for hydroxylation is 2. The summed E-state index contributed by atoms with van der Waals surface area (Å²) in [5.74, 6) is 0.0441. The van der Waals surface area contributed by atoms with Crippen LogP contribution in [0.2, 0.25) is 0 Å². The third kappa shape index (κ3) is 3.54. The van der Waals surface area contributed by atoms with Crippen LogP contribution in [-0.4, -0.2) is 22.5 Å². The minimum atomic E-state index is 0.0441. The summed E-state index contributed by atoms with van der Waals surface area (Å²) in [6, 6.07) is 6.37. The molecule has 2 N–H and O–H groups in total. The Bertz CT molecular complexity index is 562. The van der Waals surface area contributed by atoms with E-state index in [1.54, 1.807) is 7.05 Å². The average Bonchev–Trinajstić information content (AvgIpc) is 2.76. The molecule has 2 rings (SSSR count). The zero-order chi connectivity index (χ0) is 13.7. The van der Waals surface area contributed by atoms with Gasteiger partial charge in [0.1, 0.15) is 0 Å². The summed E-state index contributed by atoms with van der Waals surface area (Å²) in [5, 5.41) is 0. The van der Waals surface area contributed by atoms with Gasteiger partial charge in [0.2, 0.25) is 5.91 Å². The van der Waals surface area contributed by atoms with Gasteiger partial charge in [0.05, 0.1) is 17.4 Å². The number of hydrogen-bond donors (Lipinski definition) is 2. The number of carbonyl (C=O) groups excluding carboxylic acids is 1.